The average Bonchev–Trinajstić information content (AvgIpc) is 2.34. The minimum absolute atomic E-state index is 0.0183. The highest BCUT2D eigenvalue weighted by atomic mass is 16.6. The summed E-state index contributed by atoms with van der Waals surface area (Å²) in [6.45, 7) is 2.19. The first-order valence-corrected chi connectivity index (χ1v) is 5.38. The van der Waals surface area contributed by atoms with Crippen molar-refractivity contribution in [2.75, 3.05) is 52.9 Å². The highest BCUT2D eigenvalue weighted by Crippen LogP contribution is 1.89. The molecule has 7 heteroatoms. The zero-order chi connectivity index (χ0) is 12.3. The fourth-order valence-corrected chi connectivity index (χ4v) is 1.05. The fraction of sp³-hybridized carbons (Fsp3) is 0.800. The number of hydrogen-bond donors (Lipinski definition) is 0. The van der Waals surface area contributed by atoms with Crippen molar-refractivity contribution < 1.29 is 33.3 Å². The van der Waals surface area contributed by atoms with Crippen LogP contribution in [-0.2, 0) is 33.3 Å². The molecule has 1 aliphatic rings. The molecule has 0 aromatic heterocycles. The van der Waals surface area contributed by atoms with E-state index in [2.05, 4.69) is 9.47 Å². The van der Waals surface area contributed by atoms with Crippen LogP contribution < -0.4 is 0 Å². The van der Waals surface area contributed by atoms with Crippen molar-refractivity contribution >= 4 is 11.9 Å². The third kappa shape index (κ3) is 6.88. The first-order valence-electron chi connectivity index (χ1n) is 5.38. The quantitative estimate of drug-likeness (QED) is 0.407. The smallest absolute Gasteiger partial charge is 0.417 e. The van der Waals surface area contributed by atoms with Crippen molar-refractivity contribution in [3.63, 3.8) is 0 Å². The van der Waals surface area contributed by atoms with Crippen LogP contribution in [0.5, 0.6) is 0 Å². The van der Waals surface area contributed by atoms with E-state index >= 15 is 0 Å². The first kappa shape index (κ1) is 13.9. The molecule has 1 saturated heterocycles. The van der Waals surface area contributed by atoms with Crippen LogP contribution in [0.25, 0.3) is 0 Å². The van der Waals surface area contributed by atoms with Crippen molar-refractivity contribution in [1.82, 2.24) is 0 Å². The van der Waals surface area contributed by atoms with E-state index in [1.54, 1.807) is 0 Å². The van der Waals surface area contributed by atoms with Gasteiger partial charge in [0.2, 0.25) is 0 Å². The predicted octanol–water partition coefficient (Wildman–Crippen LogP) is -0.864. The normalized spacial score (nSPS) is 21.9. The Morgan fingerprint density at radius 2 is 0.824 bits per heavy atom. The minimum atomic E-state index is -1.01. The first-order chi connectivity index (χ1) is 8.30. The Bertz CT molecular complexity index is 217. The van der Waals surface area contributed by atoms with Gasteiger partial charge >= 0.3 is 11.9 Å². The summed E-state index contributed by atoms with van der Waals surface area (Å²) in [4.78, 5) is 22.1. The molecule has 7 nitrogen and oxygen atoms in total. The van der Waals surface area contributed by atoms with Gasteiger partial charge in [0, 0.05) is 0 Å². The summed E-state index contributed by atoms with van der Waals surface area (Å²) in [5.74, 6) is -2.03. The highest BCUT2D eigenvalue weighted by Gasteiger charge is 2.16. The van der Waals surface area contributed by atoms with Gasteiger partial charge in [-0.25, -0.2) is 9.59 Å². The van der Waals surface area contributed by atoms with Crippen LogP contribution in [0.3, 0.4) is 0 Å². The number of cyclic esters (lactones) is 2. The Morgan fingerprint density at radius 1 is 0.529 bits per heavy atom. The summed E-state index contributed by atoms with van der Waals surface area (Å²) in [7, 11) is 0. The lowest BCUT2D eigenvalue weighted by Gasteiger charge is -2.05. The third-order valence-electron chi connectivity index (χ3n) is 1.83. The molecule has 0 bridgehead atoms. The van der Waals surface area contributed by atoms with Crippen LogP contribution in [-0.4, -0.2) is 64.8 Å². The van der Waals surface area contributed by atoms with E-state index in [4.69, 9.17) is 14.2 Å². The second-order valence-electron chi connectivity index (χ2n) is 3.11. The van der Waals surface area contributed by atoms with Gasteiger partial charge < -0.3 is 23.7 Å². The molecule has 0 unspecified atom stereocenters. The number of carbonyl (C=O) groups is 2. The molecule has 0 aromatic carbocycles. The summed E-state index contributed by atoms with van der Waals surface area (Å²) in [6.07, 6.45) is 0. The lowest BCUT2D eigenvalue weighted by Crippen LogP contribution is -2.23. The van der Waals surface area contributed by atoms with Gasteiger partial charge in [-0.3, -0.25) is 0 Å². The molecule has 0 radical (unpaired) electrons. The lowest BCUT2D eigenvalue weighted by atomic mass is 10.6. The summed E-state index contributed by atoms with van der Waals surface area (Å²) in [6, 6.07) is 0. The molecule has 0 N–H and O–H groups in total. The summed E-state index contributed by atoms with van der Waals surface area (Å²) >= 11 is 0. The number of ether oxygens (including phenoxy) is 5. The third-order valence-corrected chi connectivity index (χ3v) is 1.83. The van der Waals surface area contributed by atoms with Gasteiger partial charge in [-0.05, 0) is 0 Å². The van der Waals surface area contributed by atoms with Crippen molar-refractivity contribution in [3.05, 3.63) is 0 Å². The van der Waals surface area contributed by atoms with Gasteiger partial charge in [0.15, 0.2) is 0 Å². The molecule has 1 aliphatic heterocycles. The van der Waals surface area contributed by atoms with Crippen LogP contribution in [0.1, 0.15) is 0 Å². The van der Waals surface area contributed by atoms with Crippen LogP contribution in [0.15, 0.2) is 0 Å². The molecular formula is C10H16O7. The standard InChI is InChI=1S/C10H16O7/c11-9-10(12)17-8-6-15-4-2-13-1-3-14-5-7-16-9/h1-8H2. The predicted molar refractivity (Wildman–Crippen MR) is 54.4 cm³/mol. The van der Waals surface area contributed by atoms with E-state index in [1.807, 2.05) is 0 Å². The van der Waals surface area contributed by atoms with Crippen LogP contribution in [0, 0.1) is 0 Å². The second kappa shape index (κ2) is 8.91. The fourth-order valence-electron chi connectivity index (χ4n) is 1.05. The minimum Gasteiger partial charge on any atom is -0.455 e. The van der Waals surface area contributed by atoms with Crippen LogP contribution in [0.2, 0.25) is 0 Å². The summed E-state index contributed by atoms with van der Waals surface area (Å²) in [5.41, 5.74) is 0. The van der Waals surface area contributed by atoms with Crippen molar-refractivity contribution in [2.24, 2.45) is 0 Å². The molecule has 1 fully saturated rings. The van der Waals surface area contributed by atoms with Crippen molar-refractivity contribution in [2.45, 2.75) is 0 Å². The molecule has 0 atom stereocenters. The maximum absolute atomic E-state index is 11.0. The molecule has 0 aliphatic carbocycles. The van der Waals surface area contributed by atoms with Gasteiger partial charge in [-0.2, -0.15) is 0 Å². The molecule has 1 rings (SSSR count). The Kier molecular flexibility index (Phi) is 7.28. The molecule has 0 spiro atoms. The number of esters is 2. The van der Waals surface area contributed by atoms with Crippen LogP contribution in [0.4, 0.5) is 0 Å². The van der Waals surface area contributed by atoms with Crippen LogP contribution >= 0.6 is 0 Å². The SMILES string of the molecule is O=C1OCCOCCOCCOCCOC1=O. The molecule has 0 aromatic rings. The Hall–Kier alpha value is -1.18. The zero-order valence-corrected chi connectivity index (χ0v) is 9.51. The van der Waals surface area contributed by atoms with Gasteiger partial charge in [0.05, 0.1) is 39.6 Å². The molecule has 0 saturated carbocycles. The Balaban J connectivity index is 2.26. The molecule has 17 heavy (non-hydrogen) atoms. The van der Waals surface area contributed by atoms with E-state index in [9.17, 15) is 9.59 Å². The van der Waals surface area contributed by atoms with Crippen molar-refractivity contribution in [3.8, 4) is 0 Å². The molecule has 0 amide bonds. The van der Waals surface area contributed by atoms with Gasteiger partial charge in [-0.15, -0.1) is 0 Å². The number of carbonyl (C=O) groups excluding carboxylic acids is 2. The van der Waals surface area contributed by atoms with E-state index in [0.29, 0.717) is 26.4 Å². The zero-order valence-electron chi connectivity index (χ0n) is 9.51. The van der Waals surface area contributed by atoms with E-state index in [0.717, 1.165) is 0 Å². The van der Waals surface area contributed by atoms with Gasteiger partial charge in [0.25, 0.3) is 0 Å². The highest BCUT2D eigenvalue weighted by molar-refractivity contribution is 6.29. The van der Waals surface area contributed by atoms with Gasteiger partial charge in [-0.1, -0.05) is 0 Å². The van der Waals surface area contributed by atoms with Gasteiger partial charge in [0.1, 0.15) is 13.2 Å². The molecule has 98 valence electrons. The summed E-state index contributed by atoms with van der Waals surface area (Å²) in [5, 5.41) is 0. The largest absolute Gasteiger partial charge is 0.455 e. The number of hydrogen-bond acceptors (Lipinski definition) is 7. The monoisotopic (exact) mass is 248 g/mol. The van der Waals surface area contributed by atoms with E-state index in [1.165, 1.54) is 0 Å². The topological polar surface area (TPSA) is 80.3 Å². The van der Waals surface area contributed by atoms with E-state index in [-0.39, 0.29) is 26.4 Å². The average molecular weight is 248 g/mol. The number of rotatable bonds is 0. The maximum Gasteiger partial charge on any atom is 0.417 e. The molecular weight excluding hydrogens is 232 g/mol. The Labute approximate surface area is 98.9 Å². The van der Waals surface area contributed by atoms with E-state index < -0.39 is 11.9 Å². The Morgan fingerprint density at radius 3 is 1.18 bits per heavy atom. The second-order valence-corrected chi connectivity index (χ2v) is 3.11. The maximum atomic E-state index is 11.0. The molecule has 1 heterocycles. The van der Waals surface area contributed by atoms with Crippen molar-refractivity contribution in [1.29, 1.82) is 0 Å². The summed E-state index contributed by atoms with van der Waals surface area (Å²) < 4.78 is 24.6. The lowest BCUT2D eigenvalue weighted by molar-refractivity contribution is -0.169.